The first-order chi connectivity index (χ1) is 11.8. The molecule has 0 saturated heterocycles. The maximum absolute atomic E-state index is 12.6. The van der Waals surface area contributed by atoms with Crippen LogP contribution in [0.25, 0.3) is 0 Å². The van der Waals surface area contributed by atoms with Crippen molar-refractivity contribution < 1.29 is 13.8 Å². The number of carbonyl (C=O) groups excluding carboxylic acids is 1. The fraction of sp³-hybridized carbons (Fsp3) is 0.222. The zero-order valence-corrected chi connectivity index (χ0v) is 15.8. The quantitative estimate of drug-likeness (QED) is 0.581. The van der Waals surface area contributed by atoms with Crippen LogP contribution in [0.15, 0.2) is 62.9 Å². The van der Waals surface area contributed by atoms with Gasteiger partial charge in [-0.3, -0.25) is 4.79 Å². The summed E-state index contributed by atoms with van der Waals surface area (Å²) in [6.07, 6.45) is 1.43. The van der Waals surface area contributed by atoms with Crippen LogP contribution in [0.5, 0.6) is 0 Å². The van der Waals surface area contributed by atoms with Gasteiger partial charge >= 0.3 is 0 Å². The second-order valence-electron chi connectivity index (χ2n) is 5.56. The molecule has 0 aliphatic carbocycles. The third-order valence-corrected chi connectivity index (χ3v) is 5.34. The largest absolute Gasteiger partial charge is 0.385 e. The van der Waals surface area contributed by atoms with E-state index in [-0.39, 0.29) is 6.61 Å². The summed E-state index contributed by atoms with van der Waals surface area (Å²) < 4.78 is 16.3. The van der Waals surface area contributed by atoms with Crippen LogP contribution < -0.4 is 0 Å². The monoisotopic (exact) mass is 378 g/mol. The predicted molar refractivity (Wildman–Crippen MR) is 101 cm³/mol. The second kappa shape index (κ2) is 8.27. The number of nitrogens with zero attached hydrogens (tertiary/aromatic N) is 2. The third-order valence-electron chi connectivity index (χ3n) is 3.39. The molecule has 0 aromatic heterocycles. The van der Waals surface area contributed by atoms with Crippen molar-refractivity contribution in [3.63, 3.8) is 0 Å². The molecule has 0 fully saturated rings. The van der Waals surface area contributed by atoms with Crippen molar-refractivity contribution in [3.05, 3.63) is 64.7 Å². The van der Waals surface area contributed by atoms with Gasteiger partial charge in [0, 0.05) is 16.2 Å². The summed E-state index contributed by atoms with van der Waals surface area (Å²) in [6, 6.07) is 14.1. The molecule has 25 heavy (non-hydrogen) atoms. The lowest BCUT2D eigenvalue weighted by Crippen LogP contribution is -2.09. The predicted octanol–water partition coefficient (Wildman–Crippen LogP) is 4.07. The summed E-state index contributed by atoms with van der Waals surface area (Å²) in [5.74, 6) is -0.624. The van der Waals surface area contributed by atoms with Gasteiger partial charge < -0.3 is 4.84 Å². The van der Waals surface area contributed by atoms with Crippen LogP contribution in [0.2, 0.25) is 5.02 Å². The van der Waals surface area contributed by atoms with Crippen molar-refractivity contribution in [2.24, 2.45) is 9.52 Å². The van der Waals surface area contributed by atoms with Crippen LogP contribution in [0, 0.1) is 6.92 Å². The van der Waals surface area contributed by atoms with Crippen molar-refractivity contribution in [1.82, 2.24) is 0 Å². The van der Waals surface area contributed by atoms with E-state index in [9.17, 15) is 9.00 Å². The van der Waals surface area contributed by atoms with Crippen molar-refractivity contribution >= 4 is 32.9 Å². The molecular weight excluding hydrogens is 360 g/mol. The number of hydrogen-bond donors (Lipinski definition) is 0. The van der Waals surface area contributed by atoms with Crippen LogP contribution in [0.4, 0.5) is 0 Å². The van der Waals surface area contributed by atoms with Crippen molar-refractivity contribution in [2.45, 2.75) is 18.7 Å². The zero-order valence-electron chi connectivity index (χ0n) is 14.2. The van der Waals surface area contributed by atoms with Crippen LogP contribution >= 0.6 is 11.6 Å². The minimum Gasteiger partial charge on any atom is -0.385 e. The fourth-order valence-corrected chi connectivity index (χ4v) is 3.31. The third kappa shape index (κ3) is 5.69. The first-order valence-electron chi connectivity index (χ1n) is 7.52. The highest BCUT2D eigenvalue weighted by Gasteiger charge is 2.10. The molecule has 1 amide bonds. The van der Waals surface area contributed by atoms with E-state index in [0.29, 0.717) is 15.6 Å². The van der Waals surface area contributed by atoms with E-state index in [0.717, 1.165) is 11.1 Å². The molecule has 1 atom stereocenters. The summed E-state index contributed by atoms with van der Waals surface area (Å²) in [4.78, 5) is 17.4. The first kappa shape index (κ1) is 19.1. The Morgan fingerprint density at radius 3 is 2.32 bits per heavy atom. The van der Waals surface area contributed by atoms with Gasteiger partial charge in [0.25, 0.3) is 5.91 Å². The van der Waals surface area contributed by atoms with Gasteiger partial charge in [0.1, 0.15) is 0 Å². The molecule has 0 aliphatic rings. The molecule has 0 radical (unpaired) electrons. The molecule has 0 saturated carbocycles. The SMILES string of the molecule is C/C(=N\OCC(=O)N=S(C)(=O)c1ccc(C)cc1)c1ccc(Cl)cc1. The summed E-state index contributed by atoms with van der Waals surface area (Å²) in [5, 5.41) is 4.50. The number of hydrogen-bond acceptors (Lipinski definition) is 4. The molecule has 132 valence electrons. The summed E-state index contributed by atoms with van der Waals surface area (Å²) >= 11 is 5.83. The number of rotatable bonds is 5. The Bertz CT molecular complexity index is 897. The molecular formula is C18H19ClN2O3S. The number of carbonyl (C=O) groups is 1. The maximum Gasteiger partial charge on any atom is 0.294 e. The van der Waals surface area contributed by atoms with Crippen LogP contribution in [0.3, 0.4) is 0 Å². The van der Waals surface area contributed by atoms with E-state index < -0.39 is 15.6 Å². The normalized spacial score (nSPS) is 13.8. The molecule has 0 heterocycles. The average Bonchev–Trinajstić information content (AvgIpc) is 2.55. The summed E-state index contributed by atoms with van der Waals surface area (Å²) in [7, 11) is -2.80. The lowest BCUT2D eigenvalue weighted by Gasteiger charge is -2.05. The van der Waals surface area contributed by atoms with Crippen molar-refractivity contribution in [2.75, 3.05) is 12.9 Å². The highest BCUT2D eigenvalue weighted by Crippen LogP contribution is 2.13. The van der Waals surface area contributed by atoms with E-state index in [1.165, 1.54) is 6.26 Å². The highest BCUT2D eigenvalue weighted by atomic mass is 35.5. The molecule has 2 aromatic rings. The molecule has 0 bridgehead atoms. The number of halogens is 1. The van der Waals surface area contributed by atoms with Crippen molar-refractivity contribution in [1.29, 1.82) is 0 Å². The molecule has 2 aromatic carbocycles. The topological polar surface area (TPSA) is 68.1 Å². The minimum absolute atomic E-state index is 0.373. The number of aryl methyl sites for hydroxylation is 1. The molecule has 0 N–H and O–H groups in total. The number of oxime groups is 1. The smallest absolute Gasteiger partial charge is 0.294 e. The lowest BCUT2D eigenvalue weighted by molar-refractivity contribution is -0.122. The Balaban J connectivity index is 2.02. The number of benzene rings is 2. The van der Waals surface area contributed by atoms with Gasteiger partial charge in [-0.1, -0.05) is 46.6 Å². The summed E-state index contributed by atoms with van der Waals surface area (Å²) in [5.41, 5.74) is 2.47. The van der Waals surface area contributed by atoms with Gasteiger partial charge in [-0.15, -0.1) is 0 Å². The van der Waals surface area contributed by atoms with Gasteiger partial charge in [0.05, 0.1) is 15.4 Å². The van der Waals surface area contributed by atoms with Crippen LogP contribution in [-0.4, -0.2) is 28.7 Å². The Hall–Kier alpha value is -2.18. The van der Waals surface area contributed by atoms with E-state index in [4.69, 9.17) is 16.4 Å². The molecule has 7 heteroatoms. The highest BCUT2D eigenvalue weighted by molar-refractivity contribution is 7.93. The maximum atomic E-state index is 12.6. The Morgan fingerprint density at radius 1 is 1.12 bits per heavy atom. The van der Waals surface area contributed by atoms with Gasteiger partial charge in [-0.2, -0.15) is 4.36 Å². The van der Waals surface area contributed by atoms with Gasteiger partial charge in [-0.05, 0) is 43.7 Å². The Morgan fingerprint density at radius 2 is 1.72 bits per heavy atom. The van der Waals surface area contributed by atoms with E-state index in [2.05, 4.69) is 9.52 Å². The molecule has 5 nitrogen and oxygen atoms in total. The molecule has 0 aliphatic heterocycles. The lowest BCUT2D eigenvalue weighted by atomic mass is 10.1. The first-order valence-corrected chi connectivity index (χ1v) is 9.82. The van der Waals surface area contributed by atoms with Crippen LogP contribution in [0.1, 0.15) is 18.1 Å². The van der Waals surface area contributed by atoms with E-state index >= 15 is 0 Å². The Labute approximate surface area is 152 Å². The minimum atomic E-state index is -2.80. The molecule has 0 spiro atoms. The van der Waals surface area contributed by atoms with Gasteiger partial charge in [0.15, 0.2) is 6.61 Å². The summed E-state index contributed by atoms with van der Waals surface area (Å²) in [6.45, 7) is 3.31. The van der Waals surface area contributed by atoms with Crippen LogP contribution in [-0.2, 0) is 19.4 Å². The van der Waals surface area contributed by atoms with Crippen molar-refractivity contribution in [3.8, 4) is 0 Å². The zero-order chi connectivity index (χ0) is 18.4. The standard InChI is InChI=1S/C18H19ClN2O3S/c1-13-4-10-17(11-5-13)25(3,23)21-18(22)12-24-20-14(2)15-6-8-16(19)9-7-15/h4-11H,12H2,1-3H3/b20-14+. The Kier molecular flexibility index (Phi) is 6.33. The molecule has 1 unspecified atom stereocenters. The average molecular weight is 379 g/mol. The molecule has 2 rings (SSSR count). The van der Waals surface area contributed by atoms with Gasteiger partial charge in [0.2, 0.25) is 0 Å². The number of amides is 1. The second-order valence-corrected chi connectivity index (χ2v) is 8.25. The van der Waals surface area contributed by atoms with E-state index in [1.807, 2.05) is 19.1 Å². The fourth-order valence-electron chi connectivity index (χ4n) is 1.99. The van der Waals surface area contributed by atoms with E-state index in [1.54, 1.807) is 43.3 Å². The van der Waals surface area contributed by atoms with Gasteiger partial charge in [-0.25, -0.2) is 4.21 Å².